The predicted molar refractivity (Wildman–Crippen MR) is 66.0 cm³/mol. The van der Waals surface area contributed by atoms with Gasteiger partial charge in [0.25, 0.3) is 6.47 Å². The number of rotatable bonds is 3. The zero-order valence-electron chi connectivity index (χ0n) is 9.90. The molecule has 0 bridgehead atoms. The number of aromatic amines is 1. The molecule has 0 saturated carbocycles. The van der Waals surface area contributed by atoms with Crippen LogP contribution in [0.15, 0.2) is 30.5 Å². The Morgan fingerprint density at radius 3 is 2.71 bits per heavy atom. The zero-order valence-corrected chi connectivity index (χ0v) is 9.90. The van der Waals surface area contributed by atoms with E-state index in [0.29, 0.717) is 13.1 Å². The number of carbonyl (C=O) groups is 2. The van der Waals surface area contributed by atoms with Crippen LogP contribution in [0.1, 0.15) is 24.2 Å². The molecule has 4 nitrogen and oxygen atoms in total. The minimum Gasteiger partial charge on any atom is -0.468 e. The number of hydrogen-bond acceptors (Lipinski definition) is 3. The summed E-state index contributed by atoms with van der Waals surface area (Å²) >= 11 is 0. The van der Waals surface area contributed by atoms with E-state index in [1.165, 1.54) is 0 Å². The Morgan fingerprint density at radius 2 is 2.18 bits per heavy atom. The molecule has 0 fully saturated rings. The number of nitrogens with one attached hydrogen (secondary N) is 1. The number of aromatic nitrogens is 1. The fraction of sp³-hybridized carbons (Fsp3) is 0.231. The highest BCUT2D eigenvalue weighted by molar-refractivity contribution is 5.97. The fourth-order valence-corrected chi connectivity index (χ4v) is 1.34. The van der Waals surface area contributed by atoms with Crippen molar-refractivity contribution >= 4 is 23.2 Å². The maximum Gasteiger partial charge on any atom is 0.293 e. The van der Waals surface area contributed by atoms with Crippen molar-refractivity contribution in [3.63, 3.8) is 0 Å². The normalized spacial score (nSPS) is 9.29. The second-order valence-electron chi connectivity index (χ2n) is 3.39. The number of ether oxygens (including phenoxy) is 1. The molecule has 90 valence electrons. The third kappa shape index (κ3) is 3.75. The monoisotopic (exact) mass is 233 g/mol. The highest BCUT2D eigenvalue weighted by Gasteiger charge is 2.00. The molecule has 0 unspecified atom stereocenters. The van der Waals surface area contributed by atoms with Gasteiger partial charge in [0.1, 0.15) is 0 Å². The SMILES string of the molecule is CC(=O)c1ccc2[nH]ccc2c1.CCOC=O. The molecule has 2 rings (SSSR count). The molecule has 2 aromatic rings. The van der Waals surface area contributed by atoms with Gasteiger partial charge in [0.2, 0.25) is 0 Å². The zero-order chi connectivity index (χ0) is 12.7. The van der Waals surface area contributed by atoms with E-state index in [0.717, 1.165) is 16.5 Å². The first kappa shape index (κ1) is 13.0. The Morgan fingerprint density at radius 1 is 1.41 bits per heavy atom. The summed E-state index contributed by atoms with van der Waals surface area (Å²) in [6.07, 6.45) is 1.87. The lowest BCUT2D eigenvalue weighted by Crippen LogP contribution is -1.89. The van der Waals surface area contributed by atoms with Crippen LogP contribution in [0.5, 0.6) is 0 Å². The van der Waals surface area contributed by atoms with Gasteiger partial charge >= 0.3 is 0 Å². The molecule has 1 aromatic heterocycles. The van der Waals surface area contributed by atoms with Gasteiger partial charge in [-0.15, -0.1) is 0 Å². The molecular weight excluding hydrogens is 218 g/mol. The second-order valence-corrected chi connectivity index (χ2v) is 3.39. The van der Waals surface area contributed by atoms with Crippen LogP contribution in [0.4, 0.5) is 0 Å². The summed E-state index contributed by atoms with van der Waals surface area (Å²) in [7, 11) is 0. The van der Waals surface area contributed by atoms with E-state index >= 15 is 0 Å². The van der Waals surface area contributed by atoms with Crippen LogP contribution < -0.4 is 0 Å². The van der Waals surface area contributed by atoms with Gasteiger partial charge in [-0.2, -0.15) is 0 Å². The quantitative estimate of drug-likeness (QED) is 0.654. The van der Waals surface area contributed by atoms with Gasteiger partial charge in [-0.3, -0.25) is 9.59 Å². The van der Waals surface area contributed by atoms with Crippen molar-refractivity contribution in [3.8, 4) is 0 Å². The molecule has 17 heavy (non-hydrogen) atoms. The van der Waals surface area contributed by atoms with E-state index in [9.17, 15) is 9.59 Å². The number of fused-ring (bicyclic) bond motifs is 1. The number of ketones is 1. The number of hydrogen-bond donors (Lipinski definition) is 1. The van der Waals surface area contributed by atoms with Crippen LogP contribution in [-0.4, -0.2) is 23.8 Å². The van der Waals surface area contributed by atoms with Crippen molar-refractivity contribution < 1.29 is 14.3 Å². The van der Waals surface area contributed by atoms with Crippen molar-refractivity contribution in [1.82, 2.24) is 4.98 Å². The van der Waals surface area contributed by atoms with Crippen molar-refractivity contribution in [3.05, 3.63) is 36.0 Å². The summed E-state index contributed by atoms with van der Waals surface area (Å²) < 4.78 is 4.15. The molecule has 0 saturated heterocycles. The largest absolute Gasteiger partial charge is 0.468 e. The molecule has 1 heterocycles. The fourth-order valence-electron chi connectivity index (χ4n) is 1.34. The van der Waals surface area contributed by atoms with Crippen molar-refractivity contribution in [2.24, 2.45) is 0 Å². The standard InChI is InChI=1S/C10H9NO.C3H6O2/c1-7(12)8-2-3-10-9(6-8)4-5-11-10;1-2-5-3-4/h2-6,11H,1H3;3H,2H2,1H3. The highest BCUT2D eigenvalue weighted by Crippen LogP contribution is 2.14. The van der Waals surface area contributed by atoms with Crippen LogP contribution in [-0.2, 0) is 9.53 Å². The Hall–Kier alpha value is -2.10. The molecule has 0 radical (unpaired) electrons. The van der Waals surface area contributed by atoms with Crippen molar-refractivity contribution in [2.45, 2.75) is 13.8 Å². The topological polar surface area (TPSA) is 59.2 Å². The van der Waals surface area contributed by atoms with E-state index in [1.54, 1.807) is 13.8 Å². The summed E-state index contributed by atoms with van der Waals surface area (Å²) in [6, 6.07) is 7.61. The van der Waals surface area contributed by atoms with Gasteiger partial charge in [0, 0.05) is 22.7 Å². The summed E-state index contributed by atoms with van der Waals surface area (Å²) in [5, 5.41) is 1.09. The first-order valence-corrected chi connectivity index (χ1v) is 5.32. The smallest absolute Gasteiger partial charge is 0.293 e. The minimum atomic E-state index is 0.109. The van der Waals surface area contributed by atoms with Gasteiger partial charge in [-0.05, 0) is 38.1 Å². The van der Waals surface area contributed by atoms with Gasteiger partial charge < -0.3 is 9.72 Å². The van der Waals surface area contributed by atoms with Gasteiger partial charge in [-0.1, -0.05) is 0 Å². The molecule has 0 amide bonds. The third-order valence-electron chi connectivity index (χ3n) is 2.19. The van der Waals surface area contributed by atoms with Crippen LogP contribution in [0.3, 0.4) is 0 Å². The molecule has 0 spiro atoms. The Bertz CT molecular complexity index is 502. The van der Waals surface area contributed by atoms with Crippen molar-refractivity contribution in [1.29, 1.82) is 0 Å². The summed E-state index contributed by atoms with van der Waals surface area (Å²) in [5.74, 6) is 0.109. The number of H-pyrrole nitrogens is 1. The van der Waals surface area contributed by atoms with Gasteiger partial charge in [0.15, 0.2) is 5.78 Å². The average molecular weight is 233 g/mol. The van der Waals surface area contributed by atoms with Gasteiger partial charge in [-0.25, -0.2) is 0 Å². The van der Waals surface area contributed by atoms with E-state index in [1.807, 2.05) is 30.5 Å². The van der Waals surface area contributed by atoms with Crippen LogP contribution in [0.25, 0.3) is 10.9 Å². The number of carbonyl (C=O) groups excluding carboxylic acids is 2. The van der Waals surface area contributed by atoms with Crippen LogP contribution in [0, 0.1) is 0 Å². The minimum absolute atomic E-state index is 0.109. The van der Waals surface area contributed by atoms with Crippen molar-refractivity contribution in [2.75, 3.05) is 6.61 Å². The molecule has 0 aliphatic carbocycles. The van der Waals surface area contributed by atoms with E-state index in [-0.39, 0.29) is 5.78 Å². The Labute approximate surface area is 99.6 Å². The van der Waals surface area contributed by atoms with Gasteiger partial charge in [0.05, 0.1) is 6.61 Å². The third-order valence-corrected chi connectivity index (χ3v) is 2.19. The summed E-state index contributed by atoms with van der Waals surface area (Å²) in [6.45, 7) is 4.24. The van der Waals surface area contributed by atoms with E-state index in [4.69, 9.17) is 0 Å². The lowest BCUT2D eigenvalue weighted by molar-refractivity contribution is -0.128. The molecule has 4 heteroatoms. The van der Waals surface area contributed by atoms with Crippen LogP contribution in [0.2, 0.25) is 0 Å². The molecular formula is C13H15NO3. The molecule has 0 atom stereocenters. The number of Topliss-reactive ketones (excluding diaryl/α,β-unsaturated/α-hetero) is 1. The molecule has 1 N–H and O–H groups in total. The predicted octanol–water partition coefficient (Wildman–Crippen LogP) is 2.55. The summed E-state index contributed by atoms with van der Waals surface area (Å²) in [5.41, 5.74) is 1.84. The first-order chi connectivity index (χ1) is 8.19. The average Bonchev–Trinajstić information content (AvgIpc) is 2.77. The van der Waals surface area contributed by atoms with E-state index in [2.05, 4.69) is 9.72 Å². The molecule has 0 aliphatic rings. The molecule has 0 aliphatic heterocycles. The maximum absolute atomic E-state index is 11.0. The second kappa shape index (κ2) is 6.48. The van der Waals surface area contributed by atoms with Crippen LogP contribution >= 0.6 is 0 Å². The summed E-state index contributed by atoms with van der Waals surface area (Å²) in [4.78, 5) is 23.3. The van der Waals surface area contributed by atoms with E-state index < -0.39 is 0 Å². The molecule has 1 aromatic carbocycles. The number of benzene rings is 1. The highest BCUT2D eigenvalue weighted by atomic mass is 16.5. The maximum atomic E-state index is 11.0. The lowest BCUT2D eigenvalue weighted by Gasteiger charge is -1.94. The Balaban J connectivity index is 0.000000249. The Kier molecular flexibility index (Phi) is 4.94. The first-order valence-electron chi connectivity index (χ1n) is 5.32. The lowest BCUT2D eigenvalue weighted by atomic mass is 10.1.